The molecule has 2 aromatic heterocycles. The lowest BCUT2D eigenvalue weighted by Gasteiger charge is -2.08. The number of methoxy groups -OCH3 is 1. The summed E-state index contributed by atoms with van der Waals surface area (Å²) in [6, 6.07) is 9.25. The Hall–Kier alpha value is -3.44. The molecule has 0 saturated heterocycles. The summed E-state index contributed by atoms with van der Waals surface area (Å²) in [5.41, 5.74) is 1.75. The number of H-pyrrole nitrogens is 1. The first-order valence-corrected chi connectivity index (χ1v) is 7.91. The molecule has 3 aromatic rings. The Labute approximate surface area is 148 Å². The van der Waals surface area contributed by atoms with E-state index >= 15 is 0 Å². The lowest BCUT2D eigenvalue weighted by molar-refractivity contribution is -0.191. The van der Waals surface area contributed by atoms with Gasteiger partial charge in [0.1, 0.15) is 11.3 Å². The predicted molar refractivity (Wildman–Crippen MR) is 95.3 cm³/mol. The van der Waals surface area contributed by atoms with Gasteiger partial charge in [0, 0.05) is 18.0 Å². The molecule has 0 unspecified atom stereocenters. The van der Waals surface area contributed by atoms with E-state index in [-0.39, 0.29) is 17.1 Å². The van der Waals surface area contributed by atoms with Crippen molar-refractivity contribution < 1.29 is 14.3 Å². The zero-order chi connectivity index (χ0) is 19.1. The summed E-state index contributed by atoms with van der Waals surface area (Å²) in [7, 11) is 1.61. The molecule has 1 aromatic carbocycles. The number of nitrogens with one attached hydrogen (secondary N) is 1. The SMILES string of the molecule is CCc1c[nH]c2c(=O)n(Cc3ccc(OC)cc3)ccc2c1=O.O=C=O. The summed E-state index contributed by atoms with van der Waals surface area (Å²) in [6.45, 7) is 2.36. The molecular weight excluding hydrogens is 336 g/mol. The number of benzene rings is 1. The molecule has 0 atom stereocenters. The van der Waals surface area contributed by atoms with Crippen molar-refractivity contribution in [2.45, 2.75) is 19.9 Å². The van der Waals surface area contributed by atoms with Gasteiger partial charge in [-0.3, -0.25) is 9.59 Å². The summed E-state index contributed by atoms with van der Waals surface area (Å²) in [4.78, 5) is 44.1. The van der Waals surface area contributed by atoms with Crippen molar-refractivity contribution in [1.82, 2.24) is 9.55 Å². The number of fused-ring (bicyclic) bond motifs is 1. The quantitative estimate of drug-likeness (QED) is 0.769. The molecule has 0 bridgehead atoms. The maximum atomic E-state index is 12.6. The number of aryl methyl sites for hydroxylation is 1. The molecule has 0 saturated carbocycles. The Kier molecular flexibility index (Phi) is 6.25. The molecule has 1 N–H and O–H groups in total. The van der Waals surface area contributed by atoms with Gasteiger partial charge in [0.25, 0.3) is 5.56 Å². The first-order valence-electron chi connectivity index (χ1n) is 7.91. The molecule has 0 radical (unpaired) electrons. The van der Waals surface area contributed by atoms with E-state index < -0.39 is 0 Å². The fourth-order valence-corrected chi connectivity index (χ4v) is 2.62. The van der Waals surface area contributed by atoms with Gasteiger partial charge >= 0.3 is 6.15 Å². The van der Waals surface area contributed by atoms with Crippen molar-refractivity contribution in [3.8, 4) is 5.75 Å². The number of aromatic amines is 1. The predicted octanol–water partition coefficient (Wildman–Crippen LogP) is 1.73. The van der Waals surface area contributed by atoms with Gasteiger partial charge in [-0.2, -0.15) is 9.59 Å². The zero-order valence-electron chi connectivity index (χ0n) is 14.4. The second-order valence-corrected chi connectivity index (χ2v) is 5.47. The van der Waals surface area contributed by atoms with Gasteiger partial charge in [0.05, 0.1) is 19.0 Å². The summed E-state index contributed by atoms with van der Waals surface area (Å²) in [5, 5.41) is 0.445. The molecule has 26 heavy (non-hydrogen) atoms. The molecule has 0 amide bonds. The van der Waals surface area contributed by atoms with Crippen LogP contribution in [0.1, 0.15) is 18.1 Å². The largest absolute Gasteiger partial charge is 0.497 e. The van der Waals surface area contributed by atoms with Crippen LogP contribution < -0.4 is 15.7 Å². The number of pyridine rings is 2. The summed E-state index contributed by atoms with van der Waals surface area (Å²) in [6.07, 6.45) is 4.19. The van der Waals surface area contributed by atoms with Crippen molar-refractivity contribution in [2.24, 2.45) is 0 Å². The van der Waals surface area contributed by atoms with Crippen LogP contribution in [-0.4, -0.2) is 22.8 Å². The lowest BCUT2D eigenvalue weighted by Crippen LogP contribution is -2.23. The normalized spacial score (nSPS) is 9.92. The molecule has 0 aliphatic rings. The van der Waals surface area contributed by atoms with E-state index in [1.54, 1.807) is 30.1 Å². The van der Waals surface area contributed by atoms with Crippen LogP contribution in [0.4, 0.5) is 0 Å². The number of aromatic nitrogens is 2. The number of carbonyl (C=O) groups excluding carboxylic acids is 2. The van der Waals surface area contributed by atoms with Crippen LogP contribution in [0.5, 0.6) is 5.75 Å². The Bertz CT molecular complexity index is 1040. The Morgan fingerprint density at radius 1 is 1.12 bits per heavy atom. The van der Waals surface area contributed by atoms with Gasteiger partial charge in [0.2, 0.25) is 0 Å². The fraction of sp³-hybridized carbons (Fsp3) is 0.211. The van der Waals surface area contributed by atoms with Crippen LogP contribution in [0.2, 0.25) is 0 Å². The van der Waals surface area contributed by atoms with Crippen LogP contribution >= 0.6 is 0 Å². The first-order chi connectivity index (χ1) is 12.5. The third-order valence-corrected chi connectivity index (χ3v) is 3.99. The second kappa shape index (κ2) is 8.60. The van der Waals surface area contributed by atoms with E-state index in [1.165, 1.54) is 0 Å². The minimum absolute atomic E-state index is 0.0741. The van der Waals surface area contributed by atoms with Gasteiger partial charge in [-0.25, -0.2) is 0 Å². The Morgan fingerprint density at radius 2 is 1.77 bits per heavy atom. The van der Waals surface area contributed by atoms with Crippen LogP contribution in [-0.2, 0) is 22.6 Å². The molecule has 134 valence electrons. The second-order valence-electron chi connectivity index (χ2n) is 5.47. The van der Waals surface area contributed by atoms with Crippen molar-refractivity contribution in [3.05, 3.63) is 74.4 Å². The van der Waals surface area contributed by atoms with Crippen LogP contribution in [0, 0.1) is 0 Å². The van der Waals surface area contributed by atoms with E-state index in [9.17, 15) is 9.59 Å². The molecular formula is C19H18N2O5. The smallest absolute Gasteiger partial charge is 0.373 e. The van der Waals surface area contributed by atoms with Gasteiger partial charge in [-0.05, 0) is 30.2 Å². The van der Waals surface area contributed by atoms with Gasteiger partial charge in [-0.1, -0.05) is 19.1 Å². The number of nitrogens with zero attached hydrogens (tertiary/aromatic N) is 1. The molecule has 7 heteroatoms. The third-order valence-electron chi connectivity index (χ3n) is 3.99. The topological polar surface area (TPSA) is 98.2 Å². The van der Waals surface area contributed by atoms with E-state index in [0.29, 0.717) is 29.4 Å². The minimum atomic E-state index is -0.196. The van der Waals surface area contributed by atoms with E-state index in [0.717, 1.165) is 11.3 Å². The summed E-state index contributed by atoms with van der Waals surface area (Å²) < 4.78 is 6.72. The average molecular weight is 354 g/mol. The monoisotopic (exact) mass is 354 g/mol. The Balaban J connectivity index is 0.000000758. The van der Waals surface area contributed by atoms with Crippen molar-refractivity contribution in [1.29, 1.82) is 0 Å². The highest BCUT2D eigenvalue weighted by atomic mass is 16.5. The standard InChI is InChI=1S/C18H18N2O3.CO2/c1-3-13-10-19-16-15(17(13)21)8-9-20(18(16)22)11-12-4-6-14(23-2)7-5-12;2-1-3/h4-10H,3,11H2,1-2H3,(H,19,21);. The first kappa shape index (κ1) is 18.9. The van der Waals surface area contributed by atoms with Crippen molar-refractivity contribution >= 4 is 17.1 Å². The highest BCUT2D eigenvalue weighted by molar-refractivity contribution is 5.77. The number of ether oxygens (including phenoxy) is 1. The van der Waals surface area contributed by atoms with E-state index in [2.05, 4.69) is 4.98 Å². The fourth-order valence-electron chi connectivity index (χ4n) is 2.62. The third kappa shape index (κ3) is 3.96. The molecule has 0 spiro atoms. The van der Waals surface area contributed by atoms with E-state index in [4.69, 9.17) is 14.3 Å². The number of hydrogen-bond donors (Lipinski definition) is 1. The number of hydrogen-bond acceptors (Lipinski definition) is 5. The van der Waals surface area contributed by atoms with Crippen molar-refractivity contribution in [3.63, 3.8) is 0 Å². The van der Waals surface area contributed by atoms with Crippen LogP contribution in [0.25, 0.3) is 10.9 Å². The van der Waals surface area contributed by atoms with Crippen molar-refractivity contribution in [2.75, 3.05) is 7.11 Å². The summed E-state index contributed by atoms with van der Waals surface area (Å²) >= 11 is 0. The average Bonchev–Trinajstić information content (AvgIpc) is 2.66. The lowest BCUT2D eigenvalue weighted by atomic mass is 10.1. The molecule has 3 rings (SSSR count). The minimum Gasteiger partial charge on any atom is -0.497 e. The van der Waals surface area contributed by atoms with Gasteiger partial charge in [0.15, 0.2) is 5.43 Å². The van der Waals surface area contributed by atoms with Gasteiger partial charge in [-0.15, -0.1) is 0 Å². The molecule has 7 nitrogen and oxygen atoms in total. The zero-order valence-corrected chi connectivity index (χ0v) is 14.4. The molecule has 0 fully saturated rings. The number of rotatable bonds is 4. The molecule has 0 aliphatic carbocycles. The van der Waals surface area contributed by atoms with E-state index in [1.807, 2.05) is 31.2 Å². The maximum absolute atomic E-state index is 12.6. The van der Waals surface area contributed by atoms with Crippen LogP contribution in [0.15, 0.2) is 52.3 Å². The molecule has 0 aliphatic heterocycles. The molecule has 2 heterocycles. The summed E-state index contributed by atoms with van der Waals surface area (Å²) in [5.74, 6) is 0.774. The highest BCUT2D eigenvalue weighted by Crippen LogP contribution is 2.12. The van der Waals surface area contributed by atoms with Crippen LogP contribution in [0.3, 0.4) is 0 Å². The Morgan fingerprint density at radius 3 is 2.35 bits per heavy atom. The maximum Gasteiger partial charge on any atom is 0.373 e. The van der Waals surface area contributed by atoms with Gasteiger partial charge < -0.3 is 14.3 Å². The highest BCUT2D eigenvalue weighted by Gasteiger charge is 2.09.